The van der Waals surface area contributed by atoms with Crippen LogP contribution in [0.5, 0.6) is 0 Å². The third kappa shape index (κ3) is 2.78. The average molecular weight is 365 g/mol. The smallest absolute Gasteiger partial charge is 0.322 e. The number of benzene rings is 1. The van der Waals surface area contributed by atoms with Gasteiger partial charge in [-0.2, -0.15) is 0 Å². The van der Waals surface area contributed by atoms with Gasteiger partial charge in [-0.15, -0.1) is 10.2 Å². The van der Waals surface area contributed by atoms with Gasteiger partial charge in [-0.1, -0.05) is 28.1 Å². The van der Waals surface area contributed by atoms with Crippen LogP contribution < -0.4 is 0 Å². The Bertz CT molecular complexity index is 728. The molecule has 1 atom stereocenters. The summed E-state index contributed by atoms with van der Waals surface area (Å²) in [6.07, 6.45) is 0. The Labute approximate surface area is 136 Å². The maximum atomic E-state index is 11.6. The van der Waals surface area contributed by atoms with Crippen molar-refractivity contribution < 1.29 is 9.90 Å². The van der Waals surface area contributed by atoms with Gasteiger partial charge in [0.05, 0.1) is 13.1 Å². The third-order valence-corrected chi connectivity index (χ3v) is 4.94. The zero-order valence-corrected chi connectivity index (χ0v) is 14.0. The number of nitrogens with zero attached hydrogens (tertiary/aromatic N) is 4. The Hall–Kier alpha value is -1.73. The molecule has 1 aromatic carbocycles. The molecule has 1 N–H and O–H groups in total. The van der Waals surface area contributed by atoms with Crippen molar-refractivity contribution in [2.45, 2.75) is 39.5 Å². The summed E-state index contributed by atoms with van der Waals surface area (Å²) in [6, 6.07) is 5.52. The van der Waals surface area contributed by atoms with Crippen molar-refractivity contribution in [2.75, 3.05) is 0 Å². The van der Waals surface area contributed by atoms with Crippen molar-refractivity contribution in [1.29, 1.82) is 0 Å². The van der Waals surface area contributed by atoms with Gasteiger partial charge in [-0.05, 0) is 31.0 Å². The molecule has 3 rings (SSSR count). The Morgan fingerprint density at radius 3 is 2.86 bits per heavy atom. The summed E-state index contributed by atoms with van der Waals surface area (Å²) in [7, 11) is 0. The second-order valence-corrected chi connectivity index (χ2v) is 6.47. The number of aliphatic carboxylic acids is 1. The van der Waals surface area contributed by atoms with Crippen molar-refractivity contribution in [3.05, 3.63) is 45.4 Å². The number of halogens is 1. The predicted octanol–water partition coefficient (Wildman–Crippen LogP) is 2.13. The fourth-order valence-electron chi connectivity index (χ4n) is 2.80. The average Bonchev–Trinajstić information content (AvgIpc) is 2.83. The van der Waals surface area contributed by atoms with Gasteiger partial charge in [-0.3, -0.25) is 9.69 Å². The largest absolute Gasteiger partial charge is 0.480 e. The minimum atomic E-state index is -0.812. The molecule has 0 fully saturated rings. The quantitative estimate of drug-likeness (QED) is 0.902. The van der Waals surface area contributed by atoms with E-state index in [1.165, 1.54) is 0 Å². The lowest BCUT2D eigenvalue weighted by molar-refractivity contribution is -0.145. The molecule has 0 amide bonds. The highest BCUT2D eigenvalue weighted by atomic mass is 79.9. The van der Waals surface area contributed by atoms with E-state index in [0.717, 1.165) is 27.2 Å². The van der Waals surface area contributed by atoms with Gasteiger partial charge < -0.3 is 9.67 Å². The van der Waals surface area contributed by atoms with E-state index in [2.05, 4.69) is 32.2 Å². The van der Waals surface area contributed by atoms with Crippen LogP contribution in [0.25, 0.3) is 0 Å². The molecule has 6 nitrogen and oxygen atoms in total. The molecule has 2 aromatic rings. The van der Waals surface area contributed by atoms with Crippen LogP contribution in [-0.2, 0) is 24.4 Å². The first-order valence-electron chi connectivity index (χ1n) is 7.06. The fourth-order valence-corrected chi connectivity index (χ4v) is 3.05. The van der Waals surface area contributed by atoms with Gasteiger partial charge in [-0.25, -0.2) is 0 Å². The van der Waals surface area contributed by atoms with Gasteiger partial charge in [0.25, 0.3) is 0 Å². The first-order valence-corrected chi connectivity index (χ1v) is 7.85. The molecule has 1 aliphatic heterocycles. The zero-order chi connectivity index (χ0) is 15.9. The number of aryl methyl sites for hydroxylation is 2. The number of hydrogen-bond donors (Lipinski definition) is 1. The molecule has 0 radical (unpaired) electrons. The van der Waals surface area contributed by atoms with Gasteiger partial charge in [0.2, 0.25) is 0 Å². The Kier molecular flexibility index (Phi) is 4.01. The second-order valence-electron chi connectivity index (χ2n) is 5.62. The number of aromatic nitrogens is 3. The normalized spacial score (nSPS) is 18.2. The molecule has 0 saturated heterocycles. The summed E-state index contributed by atoms with van der Waals surface area (Å²) in [5.41, 5.74) is 2.23. The van der Waals surface area contributed by atoms with E-state index in [1.807, 2.05) is 35.4 Å². The molecule has 1 unspecified atom stereocenters. The van der Waals surface area contributed by atoms with E-state index in [-0.39, 0.29) is 0 Å². The molecule has 2 heterocycles. The SMILES string of the molecule is Cc1cc(CN2Cc3nnc(C)n3CC2C(=O)O)ccc1Br. The van der Waals surface area contributed by atoms with E-state index in [1.54, 1.807) is 0 Å². The van der Waals surface area contributed by atoms with Crippen LogP contribution in [0.2, 0.25) is 0 Å². The van der Waals surface area contributed by atoms with Crippen LogP contribution in [0.3, 0.4) is 0 Å². The van der Waals surface area contributed by atoms with E-state index in [0.29, 0.717) is 19.6 Å². The number of fused-ring (bicyclic) bond motifs is 1. The van der Waals surface area contributed by atoms with Gasteiger partial charge >= 0.3 is 5.97 Å². The number of rotatable bonds is 3. The van der Waals surface area contributed by atoms with Crippen molar-refractivity contribution >= 4 is 21.9 Å². The fraction of sp³-hybridized carbons (Fsp3) is 0.400. The van der Waals surface area contributed by atoms with Gasteiger partial charge in [0.15, 0.2) is 0 Å². The van der Waals surface area contributed by atoms with Crippen molar-refractivity contribution in [3.63, 3.8) is 0 Å². The van der Waals surface area contributed by atoms with Crippen LogP contribution in [-0.4, -0.2) is 36.8 Å². The van der Waals surface area contributed by atoms with E-state index < -0.39 is 12.0 Å². The number of carboxylic acids is 1. The molecule has 0 spiro atoms. The van der Waals surface area contributed by atoms with Gasteiger partial charge in [0, 0.05) is 11.0 Å². The molecule has 1 aliphatic rings. The van der Waals surface area contributed by atoms with E-state index in [4.69, 9.17) is 0 Å². The van der Waals surface area contributed by atoms with Gasteiger partial charge in [0.1, 0.15) is 17.7 Å². The Morgan fingerprint density at radius 1 is 1.41 bits per heavy atom. The molecule has 0 saturated carbocycles. The molecule has 7 heteroatoms. The maximum Gasteiger partial charge on any atom is 0.322 e. The first-order chi connectivity index (χ1) is 10.5. The topological polar surface area (TPSA) is 71.2 Å². The van der Waals surface area contributed by atoms with Crippen LogP contribution >= 0.6 is 15.9 Å². The van der Waals surface area contributed by atoms with Crippen LogP contribution in [0.1, 0.15) is 22.8 Å². The lowest BCUT2D eigenvalue weighted by Gasteiger charge is -2.33. The van der Waals surface area contributed by atoms with E-state index >= 15 is 0 Å². The Morgan fingerprint density at radius 2 is 2.18 bits per heavy atom. The highest BCUT2D eigenvalue weighted by Gasteiger charge is 2.33. The summed E-state index contributed by atoms with van der Waals surface area (Å²) in [5, 5.41) is 17.7. The summed E-state index contributed by atoms with van der Waals surface area (Å²) in [4.78, 5) is 13.6. The number of hydrogen-bond acceptors (Lipinski definition) is 4. The molecule has 116 valence electrons. The van der Waals surface area contributed by atoms with Crippen molar-refractivity contribution in [2.24, 2.45) is 0 Å². The summed E-state index contributed by atoms with van der Waals surface area (Å²) in [5.74, 6) is 0.775. The molecular weight excluding hydrogens is 348 g/mol. The van der Waals surface area contributed by atoms with Crippen LogP contribution in [0.4, 0.5) is 0 Å². The minimum Gasteiger partial charge on any atom is -0.480 e. The first kappa shape index (κ1) is 15.2. The second kappa shape index (κ2) is 5.81. The summed E-state index contributed by atoms with van der Waals surface area (Å²) < 4.78 is 2.95. The van der Waals surface area contributed by atoms with Crippen molar-refractivity contribution in [3.8, 4) is 0 Å². The molecule has 22 heavy (non-hydrogen) atoms. The molecule has 1 aromatic heterocycles. The lowest BCUT2D eigenvalue weighted by Crippen LogP contribution is -2.47. The Balaban J connectivity index is 1.87. The number of carboxylic acid groups (broad SMARTS) is 1. The van der Waals surface area contributed by atoms with Crippen LogP contribution in [0, 0.1) is 13.8 Å². The monoisotopic (exact) mass is 364 g/mol. The van der Waals surface area contributed by atoms with E-state index in [9.17, 15) is 9.90 Å². The molecular formula is C15H17BrN4O2. The molecule has 0 bridgehead atoms. The summed E-state index contributed by atoms with van der Waals surface area (Å²) in [6.45, 7) is 5.34. The van der Waals surface area contributed by atoms with Crippen LogP contribution in [0.15, 0.2) is 22.7 Å². The maximum absolute atomic E-state index is 11.6. The minimum absolute atomic E-state index is 0.388. The highest BCUT2D eigenvalue weighted by molar-refractivity contribution is 9.10. The highest BCUT2D eigenvalue weighted by Crippen LogP contribution is 2.23. The predicted molar refractivity (Wildman–Crippen MR) is 84.3 cm³/mol. The molecule has 0 aliphatic carbocycles. The standard InChI is InChI=1S/C15H17BrN4O2/c1-9-5-11(3-4-12(9)16)6-19-8-14-18-17-10(2)20(14)7-13(19)15(21)22/h3-5,13H,6-8H2,1-2H3,(H,21,22). The number of carbonyl (C=O) groups is 1. The third-order valence-electron chi connectivity index (χ3n) is 4.05. The zero-order valence-electron chi connectivity index (χ0n) is 12.5. The van der Waals surface area contributed by atoms with Crippen molar-refractivity contribution in [1.82, 2.24) is 19.7 Å². The summed E-state index contributed by atoms with van der Waals surface area (Å²) >= 11 is 3.48. The lowest BCUT2D eigenvalue weighted by atomic mass is 10.1.